The number of hydrogen-bond acceptors (Lipinski definition) is 6. The van der Waals surface area contributed by atoms with Crippen molar-refractivity contribution in [1.82, 2.24) is 4.90 Å². The van der Waals surface area contributed by atoms with E-state index in [1.165, 1.54) is 24.3 Å². The topological polar surface area (TPSA) is 139 Å². The largest absolute Gasteiger partial charge is 0.488 e. The molecule has 0 saturated carbocycles. The van der Waals surface area contributed by atoms with Crippen LogP contribution >= 0.6 is 0 Å². The van der Waals surface area contributed by atoms with Gasteiger partial charge in [0, 0.05) is 18.7 Å². The number of benzene rings is 2. The predicted octanol–water partition coefficient (Wildman–Crippen LogP) is -1.72. The molecule has 27 heavy (non-hydrogen) atoms. The zero-order valence-corrected chi connectivity index (χ0v) is 14.4. The SMILES string of the molecule is O=C(O)c1ccc(B(O)O)cc1.O=C(c1ccc(B(O)O)cc1)N1CCC1. The maximum Gasteiger partial charge on any atom is 0.488 e. The minimum Gasteiger partial charge on any atom is -0.478 e. The van der Waals surface area contributed by atoms with E-state index in [-0.39, 0.29) is 16.9 Å². The molecule has 1 amide bonds. The molecule has 0 spiro atoms. The monoisotopic (exact) mass is 371 g/mol. The molecule has 0 unspecified atom stereocenters. The van der Waals surface area contributed by atoms with Crippen LogP contribution in [0.5, 0.6) is 0 Å². The summed E-state index contributed by atoms with van der Waals surface area (Å²) in [5, 5.41) is 43.6. The fraction of sp³-hybridized carbons (Fsp3) is 0.176. The summed E-state index contributed by atoms with van der Waals surface area (Å²) in [4.78, 5) is 23.8. The summed E-state index contributed by atoms with van der Waals surface area (Å²) in [6.45, 7) is 1.65. The number of likely N-dealkylation sites (tertiary alicyclic amines) is 1. The van der Waals surface area contributed by atoms with Crippen LogP contribution in [0.2, 0.25) is 0 Å². The van der Waals surface area contributed by atoms with Gasteiger partial charge in [0.25, 0.3) is 5.91 Å². The van der Waals surface area contributed by atoms with Crippen LogP contribution in [0.1, 0.15) is 27.1 Å². The molecular weight excluding hydrogens is 352 g/mol. The molecule has 1 heterocycles. The highest BCUT2D eigenvalue weighted by atomic mass is 16.4. The van der Waals surface area contributed by atoms with E-state index in [1.54, 1.807) is 29.2 Å². The Morgan fingerprint density at radius 2 is 1.15 bits per heavy atom. The lowest BCUT2D eigenvalue weighted by molar-refractivity contribution is 0.0650. The van der Waals surface area contributed by atoms with Gasteiger partial charge in [-0.05, 0) is 41.6 Å². The molecule has 8 nitrogen and oxygen atoms in total. The average molecular weight is 371 g/mol. The Hall–Kier alpha value is -2.65. The number of amides is 1. The van der Waals surface area contributed by atoms with Gasteiger partial charge in [-0.3, -0.25) is 4.79 Å². The normalized spacial score (nSPS) is 12.4. The van der Waals surface area contributed by atoms with Crippen molar-refractivity contribution in [2.75, 3.05) is 13.1 Å². The first-order valence-corrected chi connectivity index (χ1v) is 8.24. The van der Waals surface area contributed by atoms with E-state index in [0.29, 0.717) is 11.0 Å². The number of rotatable bonds is 4. The first kappa shape index (κ1) is 20.7. The van der Waals surface area contributed by atoms with E-state index >= 15 is 0 Å². The van der Waals surface area contributed by atoms with E-state index in [1.807, 2.05) is 0 Å². The van der Waals surface area contributed by atoms with Crippen molar-refractivity contribution in [2.45, 2.75) is 6.42 Å². The molecular formula is C17H19B2NO7. The standard InChI is InChI=1S/C10H12BNO3.C7H7BO4/c13-10(12-6-1-7-12)8-2-4-9(5-3-8)11(14)15;9-7(10)5-1-3-6(4-2-5)8(11)12/h2-5,14-15H,1,6-7H2;1-4,11-12H,(H,9,10). The second-order valence-corrected chi connectivity index (χ2v) is 5.94. The van der Waals surface area contributed by atoms with E-state index in [9.17, 15) is 9.59 Å². The molecule has 5 N–H and O–H groups in total. The Bertz CT molecular complexity index is 775. The van der Waals surface area contributed by atoms with Gasteiger partial charge >= 0.3 is 20.2 Å². The van der Waals surface area contributed by atoms with Crippen LogP contribution in [-0.4, -0.2) is 69.3 Å². The second-order valence-electron chi connectivity index (χ2n) is 5.94. The quantitative estimate of drug-likeness (QED) is 0.403. The molecule has 0 radical (unpaired) electrons. The van der Waals surface area contributed by atoms with E-state index in [4.69, 9.17) is 25.2 Å². The lowest BCUT2D eigenvalue weighted by Gasteiger charge is -2.30. The van der Waals surface area contributed by atoms with Gasteiger partial charge in [0.15, 0.2) is 0 Å². The minimum absolute atomic E-state index is 0.0141. The van der Waals surface area contributed by atoms with Crippen LogP contribution in [0.3, 0.4) is 0 Å². The summed E-state index contributed by atoms with van der Waals surface area (Å²) in [5.74, 6) is -1.02. The van der Waals surface area contributed by atoms with E-state index in [2.05, 4.69) is 0 Å². The van der Waals surface area contributed by atoms with Gasteiger partial charge in [-0.1, -0.05) is 24.3 Å². The Morgan fingerprint density at radius 3 is 1.44 bits per heavy atom. The molecule has 0 atom stereocenters. The third-order valence-electron chi connectivity index (χ3n) is 4.05. The highest BCUT2D eigenvalue weighted by Gasteiger charge is 2.21. The number of carbonyl (C=O) groups is 2. The molecule has 2 aromatic carbocycles. The molecule has 10 heteroatoms. The van der Waals surface area contributed by atoms with Crippen molar-refractivity contribution in [2.24, 2.45) is 0 Å². The predicted molar refractivity (Wildman–Crippen MR) is 100 cm³/mol. The molecule has 0 aliphatic carbocycles. The van der Waals surface area contributed by atoms with E-state index in [0.717, 1.165) is 19.5 Å². The summed E-state index contributed by atoms with van der Waals surface area (Å²) in [6, 6.07) is 11.7. The van der Waals surface area contributed by atoms with Crippen LogP contribution in [0.25, 0.3) is 0 Å². The lowest BCUT2D eigenvalue weighted by Crippen LogP contribution is -2.42. The zero-order valence-electron chi connectivity index (χ0n) is 14.4. The summed E-state index contributed by atoms with van der Waals surface area (Å²) in [7, 11) is -3.02. The number of carboxylic acid groups (broad SMARTS) is 1. The molecule has 1 aliphatic heterocycles. The van der Waals surface area contributed by atoms with Gasteiger partial charge in [-0.25, -0.2) is 4.79 Å². The maximum absolute atomic E-state index is 11.7. The third-order valence-corrected chi connectivity index (χ3v) is 4.05. The highest BCUT2D eigenvalue weighted by Crippen LogP contribution is 2.11. The second kappa shape index (κ2) is 9.33. The molecule has 140 valence electrons. The number of carbonyl (C=O) groups excluding carboxylic acids is 1. The summed E-state index contributed by atoms with van der Waals surface area (Å²) < 4.78 is 0. The molecule has 1 fully saturated rings. The van der Waals surface area contributed by atoms with Gasteiger partial charge in [-0.2, -0.15) is 0 Å². The fourth-order valence-corrected chi connectivity index (χ4v) is 2.30. The van der Waals surface area contributed by atoms with Crippen LogP contribution in [-0.2, 0) is 0 Å². The first-order valence-electron chi connectivity index (χ1n) is 8.24. The fourth-order valence-electron chi connectivity index (χ4n) is 2.30. The molecule has 0 bridgehead atoms. The van der Waals surface area contributed by atoms with Gasteiger partial charge < -0.3 is 30.1 Å². The molecule has 3 rings (SSSR count). The first-order chi connectivity index (χ1) is 12.8. The minimum atomic E-state index is -1.55. The number of nitrogens with zero attached hydrogens (tertiary/aromatic N) is 1. The number of hydrogen-bond donors (Lipinski definition) is 5. The van der Waals surface area contributed by atoms with Gasteiger partial charge in [0.05, 0.1) is 5.56 Å². The van der Waals surface area contributed by atoms with Crippen LogP contribution < -0.4 is 10.9 Å². The Morgan fingerprint density at radius 1 is 0.741 bits per heavy atom. The number of carboxylic acids is 1. The van der Waals surface area contributed by atoms with Gasteiger partial charge in [0.1, 0.15) is 0 Å². The Kier molecular flexibility index (Phi) is 7.14. The zero-order chi connectivity index (χ0) is 20.0. The maximum atomic E-state index is 11.7. The highest BCUT2D eigenvalue weighted by molar-refractivity contribution is 6.58. The van der Waals surface area contributed by atoms with E-state index < -0.39 is 20.2 Å². The van der Waals surface area contributed by atoms with Crippen molar-refractivity contribution >= 4 is 37.0 Å². The number of aromatic carboxylic acids is 1. The van der Waals surface area contributed by atoms with Crippen molar-refractivity contribution in [3.05, 3.63) is 59.7 Å². The van der Waals surface area contributed by atoms with Crippen LogP contribution in [0.15, 0.2) is 48.5 Å². The summed E-state index contributed by atoms with van der Waals surface area (Å²) >= 11 is 0. The Labute approximate surface area is 156 Å². The summed E-state index contributed by atoms with van der Waals surface area (Å²) in [5.41, 5.74) is 1.40. The lowest BCUT2D eigenvalue weighted by atomic mass is 9.80. The third kappa shape index (κ3) is 5.66. The van der Waals surface area contributed by atoms with Crippen LogP contribution in [0, 0.1) is 0 Å². The molecule has 0 aromatic heterocycles. The van der Waals surface area contributed by atoms with Gasteiger partial charge in [-0.15, -0.1) is 0 Å². The summed E-state index contributed by atoms with van der Waals surface area (Å²) in [6.07, 6.45) is 1.07. The Balaban J connectivity index is 0.000000199. The van der Waals surface area contributed by atoms with Crippen LogP contribution in [0.4, 0.5) is 0 Å². The average Bonchev–Trinajstić information content (AvgIpc) is 2.61. The molecule has 1 saturated heterocycles. The van der Waals surface area contributed by atoms with Gasteiger partial charge in [0.2, 0.25) is 0 Å². The van der Waals surface area contributed by atoms with Crippen molar-refractivity contribution < 1.29 is 34.8 Å². The van der Waals surface area contributed by atoms with Crippen molar-refractivity contribution in [1.29, 1.82) is 0 Å². The molecule has 2 aromatic rings. The van der Waals surface area contributed by atoms with Crippen molar-refractivity contribution in [3.8, 4) is 0 Å². The molecule has 1 aliphatic rings. The van der Waals surface area contributed by atoms with Crippen molar-refractivity contribution in [3.63, 3.8) is 0 Å². The smallest absolute Gasteiger partial charge is 0.478 e.